The number of halogens is 1. The van der Waals surface area contributed by atoms with E-state index in [1.54, 1.807) is 24.3 Å². The predicted octanol–water partition coefficient (Wildman–Crippen LogP) is 4.06. The number of nitrogens with zero attached hydrogens (tertiary/aromatic N) is 5. The number of hydrazine groups is 1. The zero-order valence-electron chi connectivity index (χ0n) is 27.7. The number of nitrogens with two attached hydrogens (primary N) is 2. The van der Waals surface area contributed by atoms with E-state index in [1.807, 2.05) is 31.2 Å². The summed E-state index contributed by atoms with van der Waals surface area (Å²) in [4.78, 5) is 30.6. The first-order chi connectivity index (χ1) is 22.8. The van der Waals surface area contributed by atoms with Gasteiger partial charge in [0.2, 0.25) is 5.91 Å². The zero-order chi connectivity index (χ0) is 33.5. The topological polar surface area (TPSA) is 137 Å². The van der Waals surface area contributed by atoms with E-state index in [9.17, 15) is 4.79 Å². The van der Waals surface area contributed by atoms with Crippen LogP contribution in [0.5, 0.6) is 5.75 Å². The first-order valence-electron chi connectivity index (χ1n) is 16.3. The standard InChI is InChI=1S/C34H48ClN9O3/c1-5-34(45)39-27-20-28(31(46-4)21-30(27)43-13-10-24(11-14-43)42-17-15-41(6-2)16-18-42)38-32(36)22-33(40-37)44-29(12-19-47-44)25-8-7-9-26(35)23(25)3/h5,7-9,20-22,24,29,40H,1,6,10-19,37H2,2-4H3,(H2,36,38)(H,39,45)/b33-22+/t29-/m1/s1. The minimum atomic E-state index is -0.314. The van der Waals surface area contributed by atoms with Gasteiger partial charge in [-0.1, -0.05) is 37.2 Å². The molecule has 0 bridgehead atoms. The van der Waals surface area contributed by atoms with Crippen LogP contribution in [0, 0.1) is 6.92 Å². The number of piperazine rings is 1. The SMILES string of the molecule is C=CC(=O)Nc1cc(N=C(N)/C=C(\NN)N2OCC[C@@H]2c2cccc(Cl)c2C)c(OC)cc1N1CCC(N2CCN(CC)CC2)CC1. The summed E-state index contributed by atoms with van der Waals surface area (Å²) in [5.74, 6) is 6.76. The van der Waals surface area contributed by atoms with Crippen LogP contribution in [-0.2, 0) is 9.63 Å². The number of piperidine rings is 1. The lowest BCUT2D eigenvalue weighted by molar-refractivity contribution is -0.111. The van der Waals surface area contributed by atoms with Crippen molar-refractivity contribution in [3.05, 3.63) is 71.0 Å². The number of nitrogens with one attached hydrogen (secondary N) is 2. The Balaban J connectivity index is 1.38. The number of rotatable bonds is 11. The van der Waals surface area contributed by atoms with E-state index in [-0.39, 0.29) is 17.8 Å². The number of hydrogen-bond acceptors (Lipinski definition) is 10. The fourth-order valence-corrected chi connectivity index (χ4v) is 6.91. The quantitative estimate of drug-likeness (QED) is 0.0915. The molecule has 0 aliphatic carbocycles. The molecule has 3 aliphatic rings. The van der Waals surface area contributed by atoms with Gasteiger partial charge in [-0.3, -0.25) is 14.5 Å². The van der Waals surface area contributed by atoms with Gasteiger partial charge in [0, 0.05) is 68.9 Å². The van der Waals surface area contributed by atoms with Crippen molar-refractivity contribution in [3.8, 4) is 5.75 Å². The summed E-state index contributed by atoms with van der Waals surface area (Å²) in [6.45, 7) is 15.7. The van der Waals surface area contributed by atoms with Crippen LogP contribution in [0.1, 0.15) is 43.4 Å². The second kappa shape index (κ2) is 15.9. The third-order valence-electron chi connectivity index (χ3n) is 9.41. The van der Waals surface area contributed by atoms with Crippen molar-refractivity contribution in [2.45, 2.75) is 45.2 Å². The summed E-state index contributed by atoms with van der Waals surface area (Å²) in [5.41, 5.74) is 13.1. The largest absolute Gasteiger partial charge is 0.494 e. The van der Waals surface area contributed by atoms with Gasteiger partial charge in [0.15, 0.2) is 0 Å². The maximum Gasteiger partial charge on any atom is 0.247 e. The lowest BCUT2D eigenvalue weighted by atomic mass is 9.99. The molecular formula is C34H48ClN9O3. The Morgan fingerprint density at radius 2 is 1.91 bits per heavy atom. The fraction of sp³-hybridized carbons (Fsp3) is 0.471. The lowest BCUT2D eigenvalue weighted by Crippen LogP contribution is -2.53. The monoisotopic (exact) mass is 665 g/mol. The molecule has 3 heterocycles. The van der Waals surface area contributed by atoms with E-state index in [0.717, 1.165) is 81.9 Å². The number of ether oxygens (including phenoxy) is 1. The Morgan fingerprint density at radius 3 is 2.57 bits per heavy atom. The third kappa shape index (κ3) is 8.02. The molecule has 2 aromatic carbocycles. The number of carbonyl (C=O) groups is 1. The number of benzene rings is 2. The maximum atomic E-state index is 12.5. The van der Waals surface area contributed by atoms with E-state index in [4.69, 9.17) is 32.8 Å². The molecule has 0 saturated carbocycles. The molecule has 0 aromatic heterocycles. The fourth-order valence-electron chi connectivity index (χ4n) is 6.73. The molecule has 1 atom stereocenters. The number of carbonyl (C=O) groups excluding carboxylic acids is 1. The van der Waals surface area contributed by atoms with Crippen LogP contribution in [0.4, 0.5) is 17.1 Å². The predicted molar refractivity (Wildman–Crippen MR) is 189 cm³/mol. The Morgan fingerprint density at radius 1 is 1.17 bits per heavy atom. The second-order valence-electron chi connectivity index (χ2n) is 12.1. The van der Waals surface area contributed by atoms with Crippen LogP contribution in [0.3, 0.4) is 0 Å². The Labute approximate surface area is 282 Å². The number of anilines is 2. The van der Waals surface area contributed by atoms with E-state index in [2.05, 4.69) is 43.9 Å². The minimum absolute atomic E-state index is 0.122. The van der Waals surface area contributed by atoms with Crippen LogP contribution >= 0.6 is 11.6 Å². The van der Waals surface area contributed by atoms with Crippen molar-refractivity contribution < 1.29 is 14.4 Å². The number of amides is 1. The molecule has 2 aromatic rings. The summed E-state index contributed by atoms with van der Waals surface area (Å²) in [7, 11) is 1.59. The summed E-state index contributed by atoms with van der Waals surface area (Å²) in [6, 6.07) is 9.95. The van der Waals surface area contributed by atoms with Gasteiger partial charge in [0.1, 0.15) is 23.1 Å². The molecule has 0 radical (unpaired) electrons. The number of hydrogen-bond donors (Lipinski definition) is 4. The van der Waals surface area contributed by atoms with Crippen molar-refractivity contribution in [1.29, 1.82) is 0 Å². The highest BCUT2D eigenvalue weighted by Gasteiger charge is 2.31. The number of amidine groups is 1. The summed E-state index contributed by atoms with van der Waals surface area (Å²) in [6.07, 6.45) is 5.70. The number of aliphatic imine (C=N–C) groups is 1. The van der Waals surface area contributed by atoms with Gasteiger partial charge in [-0.05, 0) is 55.6 Å². The smallest absolute Gasteiger partial charge is 0.247 e. The maximum absolute atomic E-state index is 12.5. The normalized spacial score (nSPS) is 20.4. The first-order valence-corrected chi connectivity index (χ1v) is 16.7. The highest BCUT2D eigenvalue weighted by atomic mass is 35.5. The van der Waals surface area contributed by atoms with Crippen LogP contribution in [0.15, 0.2) is 59.9 Å². The van der Waals surface area contributed by atoms with Gasteiger partial charge in [-0.15, -0.1) is 0 Å². The molecule has 13 heteroatoms. The molecular weight excluding hydrogens is 618 g/mol. The molecule has 0 spiro atoms. The number of likely N-dealkylation sites (N-methyl/N-ethyl adjacent to an activating group) is 1. The summed E-state index contributed by atoms with van der Waals surface area (Å²) >= 11 is 6.42. The van der Waals surface area contributed by atoms with Gasteiger partial charge in [0.25, 0.3) is 0 Å². The molecule has 12 nitrogen and oxygen atoms in total. The molecule has 3 fully saturated rings. The molecule has 5 rings (SSSR count). The van der Waals surface area contributed by atoms with Gasteiger partial charge in [0.05, 0.1) is 31.1 Å². The van der Waals surface area contributed by atoms with Gasteiger partial charge >= 0.3 is 0 Å². The van der Waals surface area contributed by atoms with Gasteiger partial charge < -0.3 is 31.0 Å². The highest BCUT2D eigenvalue weighted by Crippen LogP contribution is 2.41. The average molecular weight is 666 g/mol. The molecule has 1 amide bonds. The van der Waals surface area contributed by atoms with Crippen molar-refractivity contribution in [3.63, 3.8) is 0 Å². The highest BCUT2D eigenvalue weighted by molar-refractivity contribution is 6.31. The van der Waals surface area contributed by atoms with E-state index >= 15 is 0 Å². The van der Waals surface area contributed by atoms with E-state index in [1.165, 1.54) is 6.08 Å². The van der Waals surface area contributed by atoms with Crippen LogP contribution in [-0.4, -0.2) is 92.2 Å². The molecule has 3 saturated heterocycles. The van der Waals surface area contributed by atoms with Crippen molar-refractivity contribution >= 4 is 40.4 Å². The third-order valence-corrected chi connectivity index (χ3v) is 9.82. The van der Waals surface area contributed by atoms with E-state index < -0.39 is 0 Å². The molecule has 254 valence electrons. The molecule has 3 aliphatic heterocycles. The molecule has 47 heavy (non-hydrogen) atoms. The summed E-state index contributed by atoms with van der Waals surface area (Å²) < 4.78 is 5.79. The summed E-state index contributed by atoms with van der Waals surface area (Å²) in [5, 5.41) is 5.36. The molecule has 0 unspecified atom stereocenters. The van der Waals surface area contributed by atoms with Crippen LogP contribution < -0.4 is 32.0 Å². The zero-order valence-corrected chi connectivity index (χ0v) is 28.4. The lowest BCUT2D eigenvalue weighted by Gasteiger charge is -2.43. The average Bonchev–Trinajstić information content (AvgIpc) is 3.58. The van der Waals surface area contributed by atoms with Crippen LogP contribution in [0.25, 0.3) is 0 Å². The van der Waals surface area contributed by atoms with Crippen LogP contribution in [0.2, 0.25) is 5.02 Å². The second-order valence-corrected chi connectivity index (χ2v) is 12.5. The minimum Gasteiger partial charge on any atom is -0.494 e. The molecule has 6 N–H and O–H groups in total. The van der Waals surface area contributed by atoms with Crippen molar-refractivity contribution in [1.82, 2.24) is 20.3 Å². The number of methoxy groups -OCH3 is 1. The van der Waals surface area contributed by atoms with Gasteiger partial charge in [-0.2, -0.15) is 0 Å². The van der Waals surface area contributed by atoms with Gasteiger partial charge in [-0.25, -0.2) is 15.9 Å². The van der Waals surface area contributed by atoms with E-state index in [0.29, 0.717) is 40.6 Å². The Bertz CT molecular complexity index is 1480. The van der Waals surface area contributed by atoms with Crippen molar-refractivity contribution in [2.24, 2.45) is 16.6 Å². The van der Waals surface area contributed by atoms with Crippen molar-refractivity contribution in [2.75, 3.05) is 69.7 Å². The Hall–Kier alpha value is -3.81. The Kier molecular flexibility index (Phi) is 11.6. The first kappa shape index (κ1) is 34.5. The number of hydroxylamine groups is 2.